The second-order valence-electron chi connectivity index (χ2n) is 4.65. The van der Waals surface area contributed by atoms with E-state index >= 15 is 0 Å². The van der Waals surface area contributed by atoms with E-state index in [4.69, 9.17) is 11.6 Å². The van der Waals surface area contributed by atoms with Crippen molar-refractivity contribution in [2.75, 3.05) is 12.4 Å². The van der Waals surface area contributed by atoms with Gasteiger partial charge < -0.3 is 5.32 Å². The second-order valence-corrected chi connectivity index (χ2v) is 5.05. The first kappa shape index (κ1) is 12.7. The highest BCUT2D eigenvalue weighted by atomic mass is 35.5. The molecule has 1 aromatic rings. The summed E-state index contributed by atoms with van der Waals surface area (Å²) in [5.41, 5.74) is 0.798. The van der Waals surface area contributed by atoms with Gasteiger partial charge in [0.15, 0.2) is 0 Å². The average Bonchev–Trinajstić information content (AvgIpc) is 2.35. The first-order valence-corrected chi connectivity index (χ1v) is 6.45. The van der Waals surface area contributed by atoms with Gasteiger partial charge in [0, 0.05) is 5.69 Å². The van der Waals surface area contributed by atoms with Crippen LogP contribution in [0.4, 0.5) is 10.1 Å². The van der Waals surface area contributed by atoms with Gasteiger partial charge in [-0.3, -0.25) is 5.32 Å². The third-order valence-corrected chi connectivity index (χ3v) is 3.78. The van der Waals surface area contributed by atoms with Crippen molar-refractivity contribution < 1.29 is 4.39 Å². The van der Waals surface area contributed by atoms with E-state index in [9.17, 15) is 4.39 Å². The lowest BCUT2D eigenvalue weighted by molar-refractivity contribution is 0.282. The first-order chi connectivity index (χ1) is 8.15. The lowest BCUT2D eigenvalue weighted by Gasteiger charge is -2.38. The Morgan fingerprint density at radius 1 is 1.24 bits per heavy atom. The maximum atomic E-state index is 13.1. The molecular formula is C13H18ClFN2. The Morgan fingerprint density at radius 3 is 2.53 bits per heavy atom. The SMILES string of the molecule is CNC1(Nc2ccc(F)c(Cl)c2)CCCCC1. The van der Waals surface area contributed by atoms with Gasteiger partial charge in [-0.25, -0.2) is 4.39 Å². The third-order valence-electron chi connectivity index (χ3n) is 3.49. The van der Waals surface area contributed by atoms with Crippen LogP contribution >= 0.6 is 11.6 Å². The molecule has 0 aromatic heterocycles. The minimum Gasteiger partial charge on any atom is -0.367 e. The minimum atomic E-state index is -0.376. The van der Waals surface area contributed by atoms with Crippen LogP contribution in [0.5, 0.6) is 0 Å². The molecule has 0 amide bonds. The van der Waals surface area contributed by atoms with Crippen LogP contribution in [0.25, 0.3) is 0 Å². The molecule has 0 saturated heterocycles. The Kier molecular flexibility index (Phi) is 3.89. The fraction of sp³-hybridized carbons (Fsp3) is 0.538. The molecule has 4 heteroatoms. The highest BCUT2D eigenvalue weighted by Crippen LogP contribution is 2.30. The molecule has 2 rings (SSSR count). The van der Waals surface area contributed by atoms with Gasteiger partial charge >= 0.3 is 0 Å². The van der Waals surface area contributed by atoms with Gasteiger partial charge in [0.25, 0.3) is 0 Å². The third kappa shape index (κ3) is 2.90. The minimum absolute atomic E-state index is 0.0700. The normalized spacial score (nSPS) is 19.0. The van der Waals surface area contributed by atoms with E-state index < -0.39 is 0 Å². The van der Waals surface area contributed by atoms with Crippen LogP contribution in [0.15, 0.2) is 18.2 Å². The summed E-state index contributed by atoms with van der Waals surface area (Å²) in [6.07, 6.45) is 5.87. The van der Waals surface area contributed by atoms with Crippen molar-refractivity contribution in [2.45, 2.75) is 37.8 Å². The standard InChI is InChI=1S/C13H18ClFN2/c1-16-13(7-3-2-4-8-13)17-10-5-6-12(15)11(14)9-10/h5-6,9,16-17H,2-4,7-8H2,1H3. The number of benzene rings is 1. The molecule has 0 bridgehead atoms. The molecule has 0 heterocycles. The summed E-state index contributed by atoms with van der Waals surface area (Å²) in [5.74, 6) is -0.376. The van der Waals surface area contributed by atoms with Gasteiger partial charge in [-0.15, -0.1) is 0 Å². The van der Waals surface area contributed by atoms with Crippen LogP contribution in [0.1, 0.15) is 32.1 Å². The molecule has 1 saturated carbocycles. The van der Waals surface area contributed by atoms with E-state index in [1.165, 1.54) is 25.3 Å². The van der Waals surface area contributed by atoms with E-state index in [1.54, 1.807) is 12.1 Å². The molecule has 94 valence electrons. The Bertz CT molecular complexity index is 389. The molecule has 0 aliphatic heterocycles. The predicted octanol–water partition coefficient (Wildman–Crippen LogP) is 3.77. The highest BCUT2D eigenvalue weighted by molar-refractivity contribution is 6.31. The van der Waals surface area contributed by atoms with Gasteiger partial charge in [-0.05, 0) is 50.9 Å². The van der Waals surface area contributed by atoms with Crippen molar-refractivity contribution >= 4 is 17.3 Å². The zero-order chi connectivity index (χ0) is 12.3. The predicted molar refractivity (Wildman–Crippen MR) is 69.9 cm³/mol. The second kappa shape index (κ2) is 5.23. The zero-order valence-electron chi connectivity index (χ0n) is 10.0. The number of hydrogen-bond donors (Lipinski definition) is 2. The fourth-order valence-corrected chi connectivity index (χ4v) is 2.62. The molecule has 1 aliphatic rings. The van der Waals surface area contributed by atoms with Gasteiger partial charge in [0.2, 0.25) is 0 Å². The number of hydrogen-bond acceptors (Lipinski definition) is 2. The molecule has 1 fully saturated rings. The van der Waals surface area contributed by atoms with Gasteiger partial charge in [-0.2, -0.15) is 0 Å². The van der Waals surface area contributed by atoms with Gasteiger partial charge in [-0.1, -0.05) is 18.0 Å². The Balaban J connectivity index is 2.14. The van der Waals surface area contributed by atoms with E-state index in [0.717, 1.165) is 18.5 Å². The Labute approximate surface area is 107 Å². The molecule has 2 N–H and O–H groups in total. The summed E-state index contributed by atoms with van der Waals surface area (Å²) in [5, 5.41) is 6.97. The highest BCUT2D eigenvalue weighted by Gasteiger charge is 2.29. The maximum absolute atomic E-state index is 13.1. The summed E-state index contributed by atoms with van der Waals surface area (Å²) < 4.78 is 13.1. The van der Waals surface area contributed by atoms with E-state index in [-0.39, 0.29) is 16.5 Å². The van der Waals surface area contributed by atoms with Gasteiger partial charge in [0.05, 0.1) is 10.7 Å². The molecule has 0 spiro atoms. The monoisotopic (exact) mass is 256 g/mol. The largest absolute Gasteiger partial charge is 0.367 e. The number of rotatable bonds is 3. The zero-order valence-corrected chi connectivity index (χ0v) is 10.8. The lowest BCUT2D eigenvalue weighted by Crippen LogP contribution is -2.51. The van der Waals surface area contributed by atoms with Crippen LogP contribution in [-0.2, 0) is 0 Å². The Hall–Kier alpha value is -0.800. The van der Waals surface area contributed by atoms with Gasteiger partial charge in [0.1, 0.15) is 5.82 Å². The van der Waals surface area contributed by atoms with Crippen LogP contribution < -0.4 is 10.6 Å². The summed E-state index contributed by atoms with van der Waals surface area (Å²) >= 11 is 5.78. The first-order valence-electron chi connectivity index (χ1n) is 6.07. The Morgan fingerprint density at radius 2 is 1.94 bits per heavy atom. The number of halogens is 2. The average molecular weight is 257 g/mol. The molecule has 0 atom stereocenters. The molecule has 1 aromatic carbocycles. The van der Waals surface area contributed by atoms with E-state index in [2.05, 4.69) is 10.6 Å². The molecule has 0 unspecified atom stereocenters. The fourth-order valence-electron chi connectivity index (χ4n) is 2.44. The van der Waals surface area contributed by atoms with Crippen LogP contribution in [0.3, 0.4) is 0 Å². The van der Waals surface area contributed by atoms with Crippen LogP contribution in [0, 0.1) is 5.82 Å². The maximum Gasteiger partial charge on any atom is 0.141 e. The quantitative estimate of drug-likeness (QED) is 0.805. The van der Waals surface area contributed by atoms with Crippen molar-refractivity contribution in [2.24, 2.45) is 0 Å². The molecule has 17 heavy (non-hydrogen) atoms. The van der Waals surface area contributed by atoms with E-state index in [1.807, 2.05) is 7.05 Å². The summed E-state index contributed by atoms with van der Waals surface area (Å²) in [6, 6.07) is 4.77. The lowest BCUT2D eigenvalue weighted by atomic mass is 9.89. The van der Waals surface area contributed by atoms with Crippen molar-refractivity contribution in [3.63, 3.8) is 0 Å². The molecule has 1 aliphatic carbocycles. The summed E-state index contributed by atoms with van der Waals surface area (Å²) in [4.78, 5) is 0. The summed E-state index contributed by atoms with van der Waals surface area (Å²) in [6.45, 7) is 0. The summed E-state index contributed by atoms with van der Waals surface area (Å²) in [7, 11) is 1.96. The van der Waals surface area contributed by atoms with Crippen LogP contribution in [-0.4, -0.2) is 12.7 Å². The topological polar surface area (TPSA) is 24.1 Å². The van der Waals surface area contributed by atoms with Crippen molar-refractivity contribution in [1.82, 2.24) is 5.32 Å². The molecule has 0 radical (unpaired) electrons. The van der Waals surface area contributed by atoms with E-state index in [0.29, 0.717) is 0 Å². The van der Waals surface area contributed by atoms with Crippen molar-refractivity contribution in [3.8, 4) is 0 Å². The molecule has 2 nitrogen and oxygen atoms in total. The number of anilines is 1. The molecular weight excluding hydrogens is 239 g/mol. The smallest absolute Gasteiger partial charge is 0.141 e. The number of nitrogens with one attached hydrogen (secondary N) is 2. The van der Waals surface area contributed by atoms with Crippen LogP contribution in [0.2, 0.25) is 5.02 Å². The van der Waals surface area contributed by atoms with Crippen molar-refractivity contribution in [1.29, 1.82) is 0 Å². The van der Waals surface area contributed by atoms with Crippen molar-refractivity contribution in [3.05, 3.63) is 29.0 Å².